The molecule has 0 aromatic heterocycles. The molecule has 98 valence electrons. The molecule has 0 radical (unpaired) electrons. The number of aliphatic hydroxyl groups is 1. The Kier molecular flexibility index (Phi) is 3.58. The first-order valence-electron chi connectivity index (χ1n) is 5.54. The van der Waals surface area contributed by atoms with Crippen molar-refractivity contribution in [3.63, 3.8) is 0 Å². The lowest BCUT2D eigenvalue weighted by Gasteiger charge is -2.20. The van der Waals surface area contributed by atoms with E-state index in [0.29, 0.717) is 19.1 Å². The van der Waals surface area contributed by atoms with E-state index in [1.165, 1.54) is 0 Å². The van der Waals surface area contributed by atoms with Crippen LogP contribution in [0.4, 0.5) is 8.78 Å². The molecule has 1 heterocycles. The first-order chi connectivity index (χ1) is 8.50. The van der Waals surface area contributed by atoms with E-state index in [-0.39, 0.29) is 18.7 Å². The summed E-state index contributed by atoms with van der Waals surface area (Å²) in [5, 5.41) is 12.3. The molecule has 1 aliphatic rings. The highest BCUT2D eigenvalue weighted by atomic mass is 19.1. The number of carbonyl (C=O) groups is 1. The van der Waals surface area contributed by atoms with Gasteiger partial charge in [0, 0.05) is 25.6 Å². The summed E-state index contributed by atoms with van der Waals surface area (Å²) in [5.41, 5.74) is -1.36. The smallest absolute Gasteiger partial charge is 0.254 e. The van der Waals surface area contributed by atoms with Crippen LogP contribution in [0.2, 0.25) is 0 Å². The second-order valence-electron chi connectivity index (χ2n) is 4.33. The average Bonchev–Trinajstić information content (AvgIpc) is 2.74. The first-order valence-corrected chi connectivity index (χ1v) is 5.54. The molecule has 1 amide bonds. The van der Waals surface area contributed by atoms with Gasteiger partial charge in [-0.2, -0.15) is 0 Å². The van der Waals surface area contributed by atoms with Gasteiger partial charge in [-0.05, 0) is 12.1 Å². The Morgan fingerprint density at radius 3 is 2.89 bits per heavy atom. The summed E-state index contributed by atoms with van der Waals surface area (Å²) >= 11 is 0. The van der Waals surface area contributed by atoms with Gasteiger partial charge in [0.15, 0.2) is 0 Å². The van der Waals surface area contributed by atoms with Crippen LogP contribution in [0.15, 0.2) is 18.2 Å². The standard InChI is InChI=1S/C12H13F2NO3/c13-8-1-2-9(10(14)5-8)11(16)15-6-12(17)3-4-18-7-12/h1-2,5,17H,3-4,6-7H2,(H,15,16). The van der Waals surface area contributed by atoms with E-state index >= 15 is 0 Å². The maximum atomic E-state index is 13.3. The number of rotatable bonds is 3. The molecule has 0 saturated carbocycles. The van der Waals surface area contributed by atoms with Crippen LogP contribution in [0, 0.1) is 11.6 Å². The maximum Gasteiger partial charge on any atom is 0.254 e. The van der Waals surface area contributed by atoms with Crippen LogP contribution in [0.25, 0.3) is 0 Å². The van der Waals surface area contributed by atoms with Crippen LogP contribution < -0.4 is 5.32 Å². The van der Waals surface area contributed by atoms with Gasteiger partial charge in [-0.25, -0.2) is 8.78 Å². The molecular formula is C12H13F2NO3. The van der Waals surface area contributed by atoms with Gasteiger partial charge in [0.25, 0.3) is 5.91 Å². The minimum atomic E-state index is -1.10. The summed E-state index contributed by atoms with van der Waals surface area (Å²) in [6, 6.07) is 2.71. The predicted molar refractivity (Wildman–Crippen MR) is 59.1 cm³/mol. The van der Waals surface area contributed by atoms with Crippen LogP contribution in [-0.4, -0.2) is 36.4 Å². The van der Waals surface area contributed by atoms with Crippen LogP contribution >= 0.6 is 0 Å². The van der Waals surface area contributed by atoms with Crippen molar-refractivity contribution in [3.8, 4) is 0 Å². The molecule has 0 bridgehead atoms. The van der Waals surface area contributed by atoms with Gasteiger partial charge >= 0.3 is 0 Å². The van der Waals surface area contributed by atoms with Gasteiger partial charge in [-0.1, -0.05) is 0 Å². The second-order valence-corrected chi connectivity index (χ2v) is 4.33. The molecule has 1 fully saturated rings. The van der Waals surface area contributed by atoms with Crippen molar-refractivity contribution >= 4 is 5.91 Å². The van der Waals surface area contributed by atoms with Gasteiger partial charge in [0.1, 0.15) is 17.2 Å². The van der Waals surface area contributed by atoms with Crippen molar-refractivity contribution in [2.45, 2.75) is 12.0 Å². The third-order valence-corrected chi connectivity index (χ3v) is 2.84. The van der Waals surface area contributed by atoms with Gasteiger partial charge < -0.3 is 15.2 Å². The van der Waals surface area contributed by atoms with E-state index in [9.17, 15) is 18.7 Å². The van der Waals surface area contributed by atoms with E-state index in [2.05, 4.69) is 5.32 Å². The van der Waals surface area contributed by atoms with Crippen LogP contribution in [0.1, 0.15) is 16.8 Å². The number of ether oxygens (including phenoxy) is 1. The average molecular weight is 257 g/mol. The first kappa shape index (κ1) is 12.9. The minimum absolute atomic E-state index is 0.0251. The molecule has 1 aromatic carbocycles. The molecule has 1 aromatic rings. The zero-order valence-corrected chi connectivity index (χ0v) is 9.58. The van der Waals surface area contributed by atoms with Gasteiger partial charge in [-0.15, -0.1) is 0 Å². The van der Waals surface area contributed by atoms with Gasteiger partial charge in [-0.3, -0.25) is 4.79 Å². The van der Waals surface area contributed by atoms with Crippen LogP contribution in [0.3, 0.4) is 0 Å². The van der Waals surface area contributed by atoms with Crippen molar-refractivity contribution in [3.05, 3.63) is 35.4 Å². The van der Waals surface area contributed by atoms with Crippen molar-refractivity contribution in [1.29, 1.82) is 0 Å². The Bertz CT molecular complexity index is 459. The Morgan fingerprint density at radius 2 is 2.28 bits per heavy atom. The highest BCUT2D eigenvalue weighted by Crippen LogP contribution is 2.17. The highest BCUT2D eigenvalue weighted by molar-refractivity contribution is 5.94. The molecule has 0 aliphatic carbocycles. The second kappa shape index (κ2) is 4.99. The summed E-state index contributed by atoms with van der Waals surface area (Å²) < 4.78 is 31.0. The maximum absolute atomic E-state index is 13.3. The number of benzene rings is 1. The summed E-state index contributed by atoms with van der Waals surface area (Å²) in [4.78, 5) is 11.7. The highest BCUT2D eigenvalue weighted by Gasteiger charge is 2.32. The van der Waals surface area contributed by atoms with E-state index in [1.54, 1.807) is 0 Å². The zero-order valence-electron chi connectivity index (χ0n) is 9.58. The lowest BCUT2D eigenvalue weighted by Crippen LogP contribution is -2.43. The quantitative estimate of drug-likeness (QED) is 0.843. The fourth-order valence-corrected chi connectivity index (χ4v) is 1.75. The summed E-state index contributed by atoms with van der Waals surface area (Å²) in [5.74, 6) is -2.36. The number of carbonyl (C=O) groups excluding carboxylic acids is 1. The Balaban J connectivity index is 1.99. The molecule has 4 nitrogen and oxygen atoms in total. The number of hydrogen-bond acceptors (Lipinski definition) is 3. The van der Waals surface area contributed by atoms with Gasteiger partial charge in [0.05, 0.1) is 12.2 Å². The molecule has 1 atom stereocenters. The number of halogens is 2. The normalized spacial score (nSPS) is 23.1. The number of nitrogens with one attached hydrogen (secondary N) is 1. The van der Waals surface area contributed by atoms with E-state index < -0.39 is 23.1 Å². The Morgan fingerprint density at radius 1 is 1.50 bits per heavy atom. The van der Waals surface area contributed by atoms with Crippen molar-refractivity contribution in [2.75, 3.05) is 19.8 Å². The third-order valence-electron chi connectivity index (χ3n) is 2.84. The molecule has 1 saturated heterocycles. The van der Waals surface area contributed by atoms with E-state index in [1.807, 2.05) is 0 Å². The molecule has 0 spiro atoms. The molecule has 2 rings (SSSR count). The molecule has 2 N–H and O–H groups in total. The summed E-state index contributed by atoms with van der Waals surface area (Å²) in [7, 11) is 0. The molecule has 1 aliphatic heterocycles. The van der Waals surface area contributed by atoms with Crippen molar-refractivity contribution in [2.24, 2.45) is 0 Å². The van der Waals surface area contributed by atoms with E-state index in [4.69, 9.17) is 4.74 Å². The third kappa shape index (κ3) is 2.83. The molecule has 18 heavy (non-hydrogen) atoms. The number of hydrogen-bond donors (Lipinski definition) is 2. The fraction of sp³-hybridized carbons (Fsp3) is 0.417. The lowest BCUT2D eigenvalue weighted by molar-refractivity contribution is 0.0264. The Labute approximate surface area is 103 Å². The molecule has 6 heteroatoms. The SMILES string of the molecule is O=C(NCC1(O)CCOC1)c1ccc(F)cc1F. The Hall–Kier alpha value is -1.53. The van der Waals surface area contributed by atoms with E-state index in [0.717, 1.165) is 12.1 Å². The fourth-order valence-electron chi connectivity index (χ4n) is 1.75. The van der Waals surface area contributed by atoms with Gasteiger partial charge in [0.2, 0.25) is 0 Å². The molecule has 1 unspecified atom stereocenters. The lowest BCUT2D eigenvalue weighted by atomic mass is 10.0. The largest absolute Gasteiger partial charge is 0.386 e. The van der Waals surface area contributed by atoms with Crippen LogP contribution in [0.5, 0.6) is 0 Å². The zero-order chi connectivity index (χ0) is 13.2. The summed E-state index contributed by atoms with van der Waals surface area (Å²) in [6.07, 6.45) is 0.416. The minimum Gasteiger partial charge on any atom is -0.386 e. The van der Waals surface area contributed by atoms with Crippen LogP contribution in [-0.2, 0) is 4.74 Å². The van der Waals surface area contributed by atoms with Crippen molar-refractivity contribution < 1.29 is 23.4 Å². The monoisotopic (exact) mass is 257 g/mol. The number of amides is 1. The predicted octanol–water partition coefficient (Wildman–Crippen LogP) is 0.846. The summed E-state index contributed by atoms with van der Waals surface area (Å²) in [6.45, 7) is 0.541. The topological polar surface area (TPSA) is 58.6 Å². The molecular weight excluding hydrogens is 244 g/mol. The van der Waals surface area contributed by atoms with Crippen molar-refractivity contribution in [1.82, 2.24) is 5.32 Å².